The van der Waals surface area contributed by atoms with E-state index in [1.807, 2.05) is 42.5 Å². The van der Waals surface area contributed by atoms with Gasteiger partial charge < -0.3 is 9.26 Å². The van der Waals surface area contributed by atoms with Crippen molar-refractivity contribution < 1.29 is 27.2 Å². The Morgan fingerprint density at radius 3 is 2.53 bits per heavy atom. The van der Waals surface area contributed by atoms with Crippen LogP contribution in [0.3, 0.4) is 0 Å². The van der Waals surface area contributed by atoms with Crippen molar-refractivity contribution in [2.45, 2.75) is 12.8 Å². The van der Waals surface area contributed by atoms with Crippen molar-refractivity contribution in [1.29, 1.82) is 0 Å². The van der Waals surface area contributed by atoms with Crippen molar-refractivity contribution in [2.75, 3.05) is 5.32 Å². The number of hydrogen-bond acceptors (Lipinski definition) is 7. The molecule has 11 heteroatoms. The number of anilines is 1. The fourth-order valence-corrected chi connectivity index (χ4v) is 3.49. The van der Waals surface area contributed by atoms with Crippen molar-refractivity contribution >= 4 is 22.7 Å². The van der Waals surface area contributed by atoms with Gasteiger partial charge in [-0.05, 0) is 30.3 Å². The zero-order valence-electron chi connectivity index (χ0n) is 18.4. The average Bonchev–Trinajstić information content (AvgIpc) is 3.39. The van der Waals surface area contributed by atoms with Crippen LogP contribution >= 0.6 is 0 Å². The summed E-state index contributed by atoms with van der Waals surface area (Å²) in [5.41, 5.74) is 3.32. The number of fused-ring (bicyclic) bond motifs is 1. The predicted octanol–water partition coefficient (Wildman–Crippen LogP) is 6.11. The van der Waals surface area contributed by atoms with Gasteiger partial charge in [0.05, 0.1) is 16.9 Å². The molecule has 0 fully saturated rings. The SMILES string of the molecule is O=C(Nc1ccc(-c2noc(C(F)(F)F)n2)c2ncccc12)OCc1ccc(-c2ccccc2)nc1. The topological polar surface area (TPSA) is 103 Å². The number of carbonyl (C=O) groups excluding carboxylic acids is 1. The Morgan fingerprint density at radius 2 is 1.81 bits per heavy atom. The van der Waals surface area contributed by atoms with Crippen molar-refractivity contribution in [3.05, 3.63) is 90.6 Å². The molecule has 180 valence electrons. The molecular weight excluding hydrogens is 475 g/mol. The Hall–Kier alpha value is -4.80. The number of carbonyl (C=O) groups is 1. The molecule has 2 aromatic carbocycles. The number of hydrogen-bond donors (Lipinski definition) is 1. The first-order chi connectivity index (χ1) is 17.4. The first-order valence-corrected chi connectivity index (χ1v) is 10.6. The second kappa shape index (κ2) is 9.45. The Balaban J connectivity index is 1.30. The summed E-state index contributed by atoms with van der Waals surface area (Å²) in [6.07, 6.45) is -2.40. The van der Waals surface area contributed by atoms with Gasteiger partial charge in [0.15, 0.2) is 0 Å². The Morgan fingerprint density at radius 1 is 0.972 bits per heavy atom. The Bertz CT molecular complexity index is 1520. The quantitative estimate of drug-likeness (QED) is 0.316. The van der Waals surface area contributed by atoms with Crippen LogP contribution in [0.15, 0.2) is 83.6 Å². The van der Waals surface area contributed by atoms with E-state index in [1.165, 1.54) is 18.3 Å². The lowest BCUT2D eigenvalue weighted by atomic mass is 10.1. The molecule has 0 bridgehead atoms. The molecule has 5 rings (SSSR count). The maximum Gasteiger partial charge on any atom is 0.471 e. The summed E-state index contributed by atoms with van der Waals surface area (Å²) in [7, 11) is 0. The third kappa shape index (κ3) is 4.85. The van der Waals surface area contributed by atoms with Gasteiger partial charge in [-0.3, -0.25) is 15.3 Å². The third-order valence-corrected chi connectivity index (χ3v) is 5.18. The van der Waals surface area contributed by atoms with Gasteiger partial charge in [-0.1, -0.05) is 41.6 Å². The normalized spacial score (nSPS) is 11.4. The van der Waals surface area contributed by atoms with Crippen molar-refractivity contribution in [2.24, 2.45) is 0 Å². The van der Waals surface area contributed by atoms with Crippen LogP contribution in [0.4, 0.5) is 23.7 Å². The van der Waals surface area contributed by atoms with E-state index in [1.54, 1.807) is 18.3 Å². The molecule has 0 unspecified atom stereocenters. The van der Waals surface area contributed by atoms with Gasteiger partial charge in [0.25, 0.3) is 0 Å². The minimum atomic E-state index is -4.77. The summed E-state index contributed by atoms with van der Waals surface area (Å²) in [5, 5.41) is 6.51. The number of halogens is 3. The van der Waals surface area contributed by atoms with Gasteiger partial charge in [0.2, 0.25) is 5.82 Å². The second-order valence-corrected chi connectivity index (χ2v) is 7.60. The fraction of sp³-hybridized carbons (Fsp3) is 0.0800. The summed E-state index contributed by atoms with van der Waals surface area (Å²) >= 11 is 0. The van der Waals surface area contributed by atoms with Gasteiger partial charge >= 0.3 is 18.2 Å². The highest BCUT2D eigenvalue weighted by atomic mass is 19.4. The molecule has 1 N–H and O–H groups in total. The number of benzene rings is 2. The molecule has 0 radical (unpaired) electrons. The second-order valence-electron chi connectivity index (χ2n) is 7.60. The molecule has 0 spiro atoms. The van der Waals surface area contributed by atoms with Crippen molar-refractivity contribution in [1.82, 2.24) is 20.1 Å². The summed E-state index contributed by atoms with van der Waals surface area (Å²) < 4.78 is 48.2. The van der Waals surface area contributed by atoms with Gasteiger partial charge in [0, 0.05) is 34.5 Å². The van der Waals surface area contributed by atoms with Crippen LogP contribution in [-0.2, 0) is 17.5 Å². The molecule has 0 aliphatic rings. The van der Waals surface area contributed by atoms with E-state index in [0.717, 1.165) is 11.3 Å². The monoisotopic (exact) mass is 491 g/mol. The van der Waals surface area contributed by atoms with Crippen LogP contribution in [0.2, 0.25) is 0 Å². The van der Waals surface area contributed by atoms with Gasteiger partial charge in [-0.25, -0.2) is 4.79 Å². The molecule has 5 aromatic rings. The van der Waals surface area contributed by atoms with E-state index in [-0.39, 0.29) is 23.5 Å². The van der Waals surface area contributed by atoms with Gasteiger partial charge in [0.1, 0.15) is 6.61 Å². The summed E-state index contributed by atoms with van der Waals surface area (Å²) in [6.45, 7) is -0.00868. The molecule has 0 aliphatic heterocycles. The van der Waals surface area contributed by atoms with E-state index in [0.29, 0.717) is 16.6 Å². The van der Waals surface area contributed by atoms with E-state index < -0.39 is 18.2 Å². The van der Waals surface area contributed by atoms with Gasteiger partial charge in [-0.15, -0.1) is 0 Å². The molecule has 3 aromatic heterocycles. The number of alkyl halides is 3. The smallest absolute Gasteiger partial charge is 0.444 e. The molecule has 1 amide bonds. The number of nitrogens with zero attached hydrogens (tertiary/aromatic N) is 4. The van der Waals surface area contributed by atoms with E-state index in [4.69, 9.17) is 4.74 Å². The maximum absolute atomic E-state index is 12.9. The first-order valence-electron chi connectivity index (χ1n) is 10.6. The number of nitrogens with one attached hydrogen (secondary N) is 1. The minimum absolute atomic E-state index is 0.00868. The zero-order chi connectivity index (χ0) is 25.1. The number of ether oxygens (including phenoxy) is 1. The minimum Gasteiger partial charge on any atom is -0.444 e. The maximum atomic E-state index is 12.9. The van der Waals surface area contributed by atoms with Crippen LogP contribution in [-0.4, -0.2) is 26.2 Å². The van der Waals surface area contributed by atoms with Crippen molar-refractivity contribution in [3.8, 4) is 22.6 Å². The molecule has 0 atom stereocenters. The van der Waals surface area contributed by atoms with Crippen LogP contribution < -0.4 is 5.32 Å². The zero-order valence-corrected chi connectivity index (χ0v) is 18.4. The molecule has 0 saturated carbocycles. The highest BCUT2D eigenvalue weighted by Crippen LogP contribution is 2.33. The molecule has 0 aliphatic carbocycles. The lowest BCUT2D eigenvalue weighted by Crippen LogP contribution is -2.14. The summed E-state index contributed by atoms with van der Waals surface area (Å²) in [5.74, 6) is -1.73. The molecule has 0 saturated heterocycles. The Kier molecular flexibility index (Phi) is 6.03. The summed E-state index contributed by atoms with van der Waals surface area (Å²) in [6, 6.07) is 19.5. The van der Waals surface area contributed by atoms with E-state index in [2.05, 4.69) is 29.9 Å². The summed E-state index contributed by atoms with van der Waals surface area (Å²) in [4.78, 5) is 24.5. The molecule has 36 heavy (non-hydrogen) atoms. The molecular formula is C25H16F3N5O3. The number of rotatable bonds is 5. The van der Waals surface area contributed by atoms with E-state index in [9.17, 15) is 18.0 Å². The highest BCUT2D eigenvalue weighted by Gasteiger charge is 2.38. The third-order valence-electron chi connectivity index (χ3n) is 5.18. The number of amides is 1. The number of aromatic nitrogens is 4. The fourth-order valence-electron chi connectivity index (χ4n) is 3.49. The van der Waals surface area contributed by atoms with Crippen LogP contribution in [0.5, 0.6) is 0 Å². The Labute approximate surface area is 201 Å². The first kappa shape index (κ1) is 23.0. The van der Waals surface area contributed by atoms with Crippen molar-refractivity contribution in [3.63, 3.8) is 0 Å². The largest absolute Gasteiger partial charge is 0.471 e. The number of pyridine rings is 2. The van der Waals surface area contributed by atoms with Crippen LogP contribution in [0.25, 0.3) is 33.5 Å². The van der Waals surface area contributed by atoms with Crippen LogP contribution in [0, 0.1) is 0 Å². The van der Waals surface area contributed by atoms with E-state index >= 15 is 0 Å². The van der Waals surface area contributed by atoms with Gasteiger partial charge in [-0.2, -0.15) is 18.2 Å². The van der Waals surface area contributed by atoms with Crippen LogP contribution in [0.1, 0.15) is 11.5 Å². The highest BCUT2D eigenvalue weighted by molar-refractivity contribution is 6.03. The standard InChI is InChI=1S/C25H16F3N5O3/c26-25(27,28)23-32-22(33-36-23)18-9-11-20(17-7-4-12-29-21(17)18)31-24(34)35-14-15-8-10-19(30-13-15)16-5-2-1-3-6-16/h1-13H,14H2,(H,31,34). The molecule has 3 heterocycles. The predicted molar refractivity (Wildman–Crippen MR) is 124 cm³/mol. The average molecular weight is 491 g/mol. The lowest BCUT2D eigenvalue weighted by Gasteiger charge is -2.11. The molecule has 8 nitrogen and oxygen atoms in total. The lowest BCUT2D eigenvalue weighted by molar-refractivity contribution is -0.159.